The molecule has 1 aromatic carbocycles. The predicted molar refractivity (Wildman–Crippen MR) is 93.4 cm³/mol. The summed E-state index contributed by atoms with van der Waals surface area (Å²) in [6, 6.07) is 9.72. The summed E-state index contributed by atoms with van der Waals surface area (Å²) in [7, 11) is 0. The van der Waals surface area contributed by atoms with Gasteiger partial charge in [-0.25, -0.2) is 0 Å². The predicted octanol–water partition coefficient (Wildman–Crippen LogP) is 3.31. The van der Waals surface area contributed by atoms with E-state index in [0.717, 1.165) is 42.0 Å². The molecular formula is C18H22ClN3O. The van der Waals surface area contributed by atoms with Gasteiger partial charge in [-0.05, 0) is 51.0 Å². The number of hydrogen-bond donors (Lipinski definition) is 1. The molecule has 2 N–H and O–H groups in total. The Morgan fingerprint density at radius 2 is 2.09 bits per heavy atom. The van der Waals surface area contributed by atoms with Gasteiger partial charge in [0.15, 0.2) is 0 Å². The maximum Gasteiger partial charge on any atom is 0.255 e. The summed E-state index contributed by atoms with van der Waals surface area (Å²) in [5, 5.41) is 0.685. The van der Waals surface area contributed by atoms with Crippen molar-refractivity contribution in [2.75, 3.05) is 13.1 Å². The van der Waals surface area contributed by atoms with Gasteiger partial charge in [0.1, 0.15) is 0 Å². The first-order valence-corrected chi connectivity index (χ1v) is 8.35. The lowest BCUT2D eigenvalue weighted by Gasteiger charge is -2.30. The van der Waals surface area contributed by atoms with Crippen molar-refractivity contribution in [1.82, 2.24) is 9.47 Å². The normalized spacial score (nSPS) is 18.3. The molecule has 1 amide bonds. The Labute approximate surface area is 141 Å². The molecule has 1 saturated heterocycles. The number of nitrogens with zero attached hydrogens (tertiary/aromatic N) is 2. The zero-order valence-corrected chi connectivity index (χ0v) is 14.3. The van der Waals surface area contributed by atoms with Crippen molar-refractivity contribution < 1.29 is 4.79 Å². The van der Waals surface area contributed by atoms with Crippen LogP contribution in [-0.2, 0) is 0 Å². The number of hydrogen-bond acceptors (Lipinski definition) is 2. The van der Waals surface area contributed by atoms with E-state index in [1.165, 1.54) is 0 Å². The van der Waals surface area contributed by atoms with Gasteiger partial charge in [0.25, 0.3) is 5.91 Å². The van der Waals surface area contributed by atoms with Gasteiger partial charge in [0.2, 0.25) is 0 Å². The second kappa shape index (κ2) is 6.38. The van der Waals surface area contributed by atoms with Crippen LogP contribution in [0.3, 0.4) is 0 Å². The Morgan fingerprint density at radius 1 is 1.30 bits per heavy atom. The number of aryl methyl sites for hydroxylation is 1. The third-order valence-electron chi connectivity index (χ3n) is 4.47. The van der Waals surface area contributed by atoms with Crippen molar-refractivity contribution in [2.45, 2.75) is 32.7 Å². The summed E-state index contributed by atoms with van der Waals surface area (Å²) in [5.74, 6) is 0.0709. The van der Waals surface area contributed by atoms with E-state index in [0.29, 0.717) is 11.6 Å². The molecule has 2 aromatic rings. The van der Waals surface area contributed by atoms with Crippen molar-refractivity contribution in [3.8, 4) is 5.69 Å². The van der Waals surface area contributed by atoms with E-state index >= 15 is 0 Å². The lowest BCUT2D eigenvalue weighted by Crippen LogP contribution is -2.45. The van der Waals surface area contributed by atoms with E-state index in [1.54, 1.807) is 0 Å². The Bertz CT molecular complexity index is 738. The zero-order chi connectivity index (χ0) is 16.6. The van der Waals surface area contributed by atoms with E-state index < -0.39 is 0 Å². The highest BCUT2D eigenvalue weighted by molar-refractivity contribution is 6.30. The third kappa shape index (κ3) is 3.14. The number of carbonyl (C=O) groups is 1. The number of likely N-dealkylation sites (tertiary alicyclic amines) is 1. The lowest BCUT2D eigenvalue weighted by molar-refractivity contribution is 0.0708. The first kappa shape index (κ1) is 16.1. The summed E-state index contributed by atoms with van der Waals surface area (Å²) in [6.45, 7) is 5.41. The number of halogens is 1. The largest absolute Gasteiger partial charge is 0.337 e. The molecule has 23 heavy (non-hydrogen) atoms. The first-order valence-electron chi connectivity index (χ1n) is 7.97. The van der Waals surface area contributed by atoms with Crippen LogP contribution in [0.2, 0.25) is 5.02 Å². The average Bonchev–Trinajstić information content (AvgIpc) is 2.81. The molecule has 1 aliphatic rings. The highest BCUT2D eigenvalue weighted by atomic mass is 35.5. The molecule has 4 nitrogen and oxygen atoms in total. The number of piperidine rings is 1. The fourth-order valence-corrected chi connectivity index (χ4v) is 3.54. The second-order valence-corrected chi connectivity index (χ2v) is 6.69. The highest BCUT2D eigenvalue weighted by Crippen LogP contribution is 2.24. The van der Waals surface area contributed by atoms with Crippen LogP contribution in [0.5, 0.6) is 0 Å². The Kier molecular flexibility index (Phi) is 4.46. The van der Waals surface area contributed by atoms with Gasteiger partial charge >= 0.3 is 0 Å². The lowest BCUT2D eigenvalue weighted by atomic mass is 10.1. The molecule has 5 heteroatoms. The van der Waals surface area contributed by atoms with Gasteiger partial charge in [0, 0.05) is 41.2 Å². The maximum atomic E-state index is 12.9. The van der Waals surface area contributed by atoms with Gasteiger partial charge in [-0.15, -0.1) is 0 Å². The van der Waals surface area contributed by atoms with Gasteiger partial charge in [-0.3, -0.25) is 4.79 Å². The Hall–Kier alpha value is -1.78. The van der Waals surface area contributed by atoms with Crippen LogP contribution < -0.4 is 5.73 Å². The fourth-order valence-electron chi connectivity index (χ4n) is 3.36. The number of benzene rings is 1. The Balaban J connectivity index is 1.96. The number of rotatable bonds is 2. The number of carbonyl (C=O) groups excluding carboxylic acids is 1. The van der Waals surface area contributed by atoms with Gasteiger partial charge in [-0.1, -0.05) is 17.7 Å². The molecule has 1 atom stereocenters. The fraction of sp³-hybridized carbons (Fsp3) is 0.389. The summed E-state index contributed by atoms with van der Waals surface area (Å²) >= 11 is 6.10. The van der Waals surface area contributed by atoms with Crippen molar-refractivity contribution in [3.05, 3.63) is 52.3 Å². The van der Waals surface area contributed by atoms with E-state index in [4.69, 9.17) is 17.3 Å². The molecule has 1 unspecified atom stereocenters. The maximum absolute atomic E-state index is 12.9. The van der Waals surface area contributed by atoms with Gasteiger partial charge in [0.05, 0.1) is 5.56 Å². The van der Waals surface area contributed by atoms with Crippen LogP contribution >= 0.6 is 11.6 Å². The summed E-state index contributed by atoms with van der Waals surface area (Å²) in [5.41, 5.74) is 9.69. The molecule has 0 aliphatic carbocycles. The smallest absolute Gasteiger partial charge is 0.255 e. The molecular weight excluding hydrogens is 310 g/mol. The van der Waals surface area contributed by atoms with Crippen LogP contribution in [0.25, 0.3) is 5.69 Å². The molecule has 0 bridgehead atoms. The van der Waals surface area contributed by atoms with E-state index in [2.05, 4.69) is 4.57 Å². The van der Waals surface area contributed by atoms with Crippen molar-refractivity contribution in [3.63, 3.8) is 0 Å². The second-order valence-electron chi connectivity index (χ2n) is 6.25. The quantitative estimate of drug-likeness (QED) is 0.917. The molecule has 3 rings (SSSR count). The molecule has 0 radical (unpaired) electrons. The molecule has 0 spiro atoms. The van der Waals surface area contributed by atoms with Gasteiger partial charge in [-0.2, -0.15) is 0 Å². The van der Waals surface area contributed by atoms with E-state index in [-0.39, 0.29) is 11.9 Å². The minimum Gasteiger partial charge on any atom is -0.337 e. The minimum atomic E-state index is 0.0709. The molecule has 1 fully saturated rings. The van der Waals surface area contributed by atoms with Crippen molar-refractivity contribution >= 4 is 17.5 Å². The van der Waals surface area contributed by atoms with E-state index in [9.17, 15) is 4.79 Å². The zero-order valence-electron chi connectivity index (χ0n) is 13.6. The van der Waals surface area contributed by atoms with Crippen molar-refractivity contribution in [2.24, 2.45) is 5.73 Å². The molecule has 0 saturated carbocycles. The standard InChI is InChI=1S/C18H22ClN3O/c1-12-9-17(18(23)21-8-4-6-15(20)11-21)13(2)22(12)16-7-3-5-14(19)10-16/h3,5,7,9-10,15H,4,6,8,11,20H2,1-2H3. The first-order chi connectivity index (χ1) is 11.0. The number of nitrogens with two attached hydrogens (primary N) is 1. The third-order valence-corrected chi connectivity index (χ3v) is 4.71. The average molecular weight is 332 g/mol. The number of aromatic nitrogens is 1. The number of amides is 1. The topological polar surface area (TPSA) is 51.3 Å². The monoisotopic (exact) mass is 331 g/mol. The summed E-state index contributed by atoms with van der Waals surface area (Å²) in [6.07, 6.45) is 1.96. The van der Waals surface area contributed by atoms with Crippen LogP contribution in [0, 0.1) is 13.8 Å². The Morgan fingerprint density at radius 3 is 2.78 bits per heavy atom. The molecule has 1 aromatic heterocycles. The highest BCUT2D eigenvalue weighted by Gasteiger charge is 2.25. The molecule has 122 valence electrons. The van der Waals surface area contributed by atoms with E-state index in [1.807, 2.05) is 49.1 Å². The van der Waals surface area contributed by atoms with Crippen LogP contribution in [-0.4, -0.2) is 34.5 Å². The minimum absolute atomic E-state index is 0.0709. The molecule has 1 aliphatic heterocycles. The SMILES string of the molecule is Cc1cc(C(=O)N2CCCC(N)C2)c(C)n1-c1cccc(Cl)c1. The van der Waals surface area contributed by atoms with Gasteiger partial charge < -0.3 is 15.2 Å². The van der Waals surface area contributed by atoms with Crippen LogP contribution in [0.15, 0.2) is 30.3 Å². The van der Waals surface area contributed by atoms with Crippen LogP contribution in [0.1, 0.15) is 34.6 Å². The molecule has 2 heterocycles. The summed E-state index contributed by atoms with van der Waals surface area (Å²) < 4.78 is 2.07. The van der Waals surface area contributed by atoms with Crippen molar-refractivity contribution in [1.29, 1.82) is 0 Å². The summed E-state index contributed by atoms with van der Waals surface area (Å²) in [4.78, 5) is 14.7. The van der Waals surface area contributed by atoms with Crippen LogP contribution in [0.4, 0.5) is 0 Å².